The molecule has 1 rings (SSSR count). The van der Waals surface area contributed by atoms with Crippen LogP contribution in [0, 0.1) is 6.92 Å². The second kappa shape index (κ2) is 2.97. The summed E-state index contributed by atoms with van der Waals surface area (Å²) in [5, 5.41) is 9.21. The zero-order valence-corrected chi connectivity index (χ0v) is 6.90. The molecule has 0 heterocycles. The third-order valence-electron chi connectivity index (χ3n) is 1.34. The van der Waals surface area contributed by atoms with Gasteiger partial charge >= 0.3 is 0 Å². The third-order valence-corrected chi connectivity index (χ3v) is 2.10. The first-order valence-corrected chi connectivity index (χ1v) is 4.30. The van der Waals surface area contributed by atoms with Crippen LogP contribution in [-0.4, -0.2) is 11.4 Å². The van der Waals surface area contributed by atoms with Crippen molar-refractivity contribution in [2.75, 3.05) is 6.26 Å². The highest BCUT2D eigenvalue weighted by atomic mass is 32.2. The van der Waals surface area contributed by atoms with Gasteiger partial charge in [-0.25, -0.2) is 0 Å². The minimum atomic E-state index is 0.373. The first-order valence-electron chi connectivity index (χ1n) is 3.07. The molecule has 0 radical (unpaired) electrons. The highest BCUT2D eigenvalue weighted by Crippen LogP contribution is 2.26. The van der Waals surface area contributed by atoms with Gasteiger partial charge in [-0.2, -0.15) is 0 Å². The van der Waals surface area contributed by atoms with Gasteiger partial charge in [-0.15, -0.1) is 11.8 Å². The molecule has 0 aliphatic rings. The van der Waals surface area contributed by atoms with Crippen LogP contribution < -0.4 is 0 Å². The quantitative estimate of drug-likeness (QED) is 0.627. The van der Waals surface area contributed by atoms with E-state index in [0.29, 0.717) is 5.75 Å². The minimum Gasteiger partial charge on any atom is -0.507 e. The van der Waals surface area contributed by atoms with Crippen LogP contribution in [0.5, 0.6) is 5.75 Å². The predicted molar refractivity (Wildman–Crippen MR) is 44.6 cm³/mol. The van der Waals surface area contributed by atoms with E-state index < -0.39 is 0 Å². The molecule has 0 aliphatic heterocycles. The molecule has 2 heteroatoms. The SMILES string of the molecule is CSc1cc(C)ccc1O. The van der Waals surface area contributed by atoms with Gasteiger partial charge in [0.2, 0.25) is 0 Å². The molecule has 1 aromatic rings. The second-order valence-corrected chi connectivity index (χ2v) is 3.02. The maximum atomic E-state index is 9.21. The lowest BCUT2D eigenvalue weighted by molar-refractivity contribution is 0.462. The van der Waals surface area contributed by atoms with Gasteiger partial charge < -0.3 is 5.11 Å². The van der Waals surface area contributed by atoms with E-state index in [2.05, 4.69) is 0 Å². The molecule has 1 nitrogen and oxygen atoms in total. The van der Waals surface area contributed by atoms with Crippen LogP contribution in [0.15, 0.2) is 23.1 Å². The summed E-state index contributed by atoms with van der Waals surface area (Å²) in [4.78, 5) is 0.944. The lowest BCUT2D eigenvalue weighted by Crippen LogP contribution is -1.74. The van der Waals surface area contributed by atoms with Gasteiger partial charge in [-0.3, -0.25) is 0 Å². The summed E-state index contributed by atoms with van der Waals surface area (Å²) in [6.07, 6.45) is 1.95. The Labute approximate surface area is 65.1 Å². The number of rotatable bonds is 1. The number of hydrogen-bond acceptors (Lipinski definition) is 2. The van der Waals surface area contributed by atoms with Crippen LogP contribution in [0.1, 0.15) is 5.56 Å². The van der Waals surface area contributed by atoms with Gasteiger partial charge in [0.15, 0.2) is 0 Å². The first-order chi connectivity index (χ1) is 4.74. The van der Waals surface area contributed by atoms with Crippen molar-refractivity contribution in [3.63, 3.8) is 0 Å². The smallest absolute Gasteiger partial charge is 0.129 e. The van der Waals surface area contributed by atoms with Gasteiger partial charge in [0, 0.05) is 4.90 Å². The molecule has 0 unspecified atom stereocenters. The van der Waals surface area contributed by atoms with Gasteiger partial charge in [0.25, 0.3) is 0 Å². The van der Waals surface area contributed by atoms with Crippen molar-refractivity contribution in [3.05, 3.63) is 23.8 Å². The Bertz CT molecular complexity index is 233. The highest BCUT2D eigenvalue weighted by molar-refractivity contribution is 7.98. The number of aromatic hydroxyl groups is 1. The molecule has 1 N–H and O–H groups in total. The normalized spacial score (nSPS) is 9.80. The third kappa shape index (κ3) is 1.45. The van der Waals surface area contributed by atoms with E-state index in [1.807, 2.05) is 25.3 Å². The van der Waals surface area contributed by atoms with Crippen LogP contribution >= 0.6 is 11.8 Å². The second-order valence-electron chi connectivity index (χ2n) is 2.18. The van der Waals surface area contributed by atoms with E-state index >= 15 is 0 Å². The first kappa shape index (κ1) is 7.48. The van der Waals surface area contributed by atoms with Gasteiger partial charge in [0.1, 0.15) is 5.75 Å². The lowest BCUT2D eigenvalue weighted by atomic mass is 10.2. The van der Waals surface area contributed by atoms with Gasteiger partial charge in [0.05, 0.1) is 0 Å². The Morgan fingerprint density at radius 3 is 2.60 bits per heavy atom. The van der Waals surface area contributed by atoms with E-state index in [-0.39, 0.29) is 0 Å². The van der Waals surface area contributed by atoms with E-state index in [1.54, 1.807) is 17.8 Å². The topological polar surface area (TPSA) is 20.2 Å². The fourth-order valence-electron chi connectivity index (χ4n) is 0.785. The minimum absolute atomic E-state index is 0.373. The summed E-state index contributed by atoms with van der Waals surface area (Å²) in [5.74, 6) is 0.373. The maximum Gasteiger partial charge on any atom is 0.129 e. The molecule has 0 spiro atoms. The summed E-state index contributed by atoms with van der Waals surface area (Å²) in [6, 6.07) is 5.59. The van der Waals surface area contributed by atoms with E-state index in [9.17, 15) is 5.11 Å². The average Bonchev–Trinajstić information content (AvgIpc) is 1.94. The maximum absolute atomic E-state index is 9.21. The Morgan fingerprint density at radius 2 is 2.10 bits per heavy atom. The molecule has 0 saturated carbocycles. The number of phenolic OH excluding ortho intramolecular Hbond substituents is 1. The predicted octanol–water partition coefficient (Wildman–Crippen LogP) is 2.42. The van der Waals surface area contributed by atoms with Crippen molar-refractivity contribution in [1.29, 1.82) is 0 Å². The van der Waals surface area contributed by atoms with Crippen molar-refractivity contribution in [1.82, 2.24) is 0 Å². The molecule has 0 saturated heterocycles. The molecule has 0 fully saturated rings. The molecule has 0 amide bonds. The van der Waals surface area contributed by atoms with Crippen LogP contribution in [-0.2, 0) is 0 Å². The molecule has 0 aliphatic carbocycles. The molecule has 1 aromatic carbocycles. The number of aryl methyl sites for hydroxylation is 1. The molecular formula is C8H10OS. The molecule has 0 bridgehead atoms. The zero-order valence-electron chi connectivity index (χ0n) is 6.09. The van der Waals surface area contributed by atoms with Crippen molar-refractivity contribution in [2.24, 2.45) is 0 Å². The Morgan fingerprint density at radius 1 is 1.40 bits per heavy atom. The van der Waals surface area contributed by atoms with Crippen molar-refractivity contribution in [3.8, 4) is 5.75 Å². The zero-order chi connectivity index (χ0) is 7.56. The summed E-state index contributed by atoms with van der Waals surface area (Å²) in [5.41, 5.74) is 1.18. The Kier molecular flexibility index (Phi) is 2.22. The van der Waals surface area contributed by atoms with Crippen LogP contribution in [0.4, 0.5) is 0 Å². The average molecular weight is 154 g/mol. The standard InChI is InChI=1S/C8H10OS/c1-6-3-4-7(9)8(5-6)10-2/h3-5,9H,1-2H3. The fourth-order valence-corrected chi connectivity index (χ4v) is 1.37. The monoisotopic (exact) mass is 154 g/mol. The highest BCUT2D eigenvalue weighted by Gasteiger charge is 1.96. The fraction of sp³-hybridized carbons (Fsp3) is 0.250. The van der Waals surface area contributed by atoms with Crippen molar-refractivity contribution < 1.29 is 5.11 Å². The number of hydrogen-bond donors (Lipinski definition) is 1. The molecule has 10 heavy (non-hydrogen) atoms. The summed E-state index contributed by atoms with van der Waals surface area (Å²) >= 11 is 1.56. The van der Waals surface area contributed by atoms with Crippen LogP contribution in [0.2, 0.25) is 0 Å². The Balaban J connectivity index is 3.09. The summed E-state index contributed by atoms with van der Waals surface area (Å²) in [7, 11) is 0. The molecular weight excluding hydrogens is 144 g/mol. The van der Waals surface area contributed by atoms with Crippen LogP contribution in [0.25, 0.3) is 0 Å². The van der Waals surface area contributed by atoms with E-state index in [0.717, 1.165) is 4.90 Å². The summed E-state index contributed by atoms with van der Waals surface area (Å²) in [6.45, 7) is 2.01. The van der Waals surface area contributed by atoms with Crippen molar-refractivity contribution in [2.45, 2.75) is 11.8 Å². The number of thioether (sulfide) groups is 1. The number of phenols is 1. The Hall–Kier alpha value is -0.630. The van der Waals surface area contributed by atoms with Crippen molar-refractivity contribution >= 4 is 11.8 Å². The summed E-state index contributed by atoms with van der Waals surface area (Å²) < 4.78 is 0. The van der Waals surface area contributed by atoms with E-state index in [1.165, 1.54) is 5.56 Å². The van der Waals surface area contributed by atoms with Gasteiger partial charge in [-0.05, 0) is 30.9 Å². The van der Waals surface area contributed by atoms with Gasteiger partial charge in [-0.1, -0.05) is 6.07 Å². The van der Waals surface area contributed by atoms with E-state index in [4.69, 9.17) is 0 Å². The largest absolute Gasteiger partial charge is 0.507 e. The molecule has 54 valence electrons. The van der Waals surface area contributed by atoms with Crippen LogP contribution in [0.3, 0.4) is 0 Å². The number of benzene rings is 1. The lowest BCUT2D eigenvalue weighted by Gasteiger charge is -2.00. The molecule has 0 atom stereocenters. The molecule has 0 aromatic heterocycles.